The van der Waals surface area contributed by atoms with Crippen molar-refractivity contribution in [3.63, 3.8) is 0 Å². The maximum atomic E-state index is 14.3. The molecule has 152 valence electrons. The van der Waals surface area contributed by atoms with E-state index in [-0.39, 0.29) is 30.4 Å². The van der Waals surface area contributed by atoms with Gasteiger partial charge in [-0.3, -0.25) is 9.78 Å². The number of aromatic amines is 1. The SMILES string of the molecule is Cc1[nH]c2ccc(F)cc2c1CC(=O)NCc1ccc(Oc2cccnc2)c(F)c1. The molecule has 0 unspecified atom stereocenters. The number of rotatable bonds is 6. The van der Waals surface area contributed by atoms with Crippen LogP contribution >= 0.6 is 0 Å². The number of hydrogen-bond acceptors (Lipinski definition) is 3. The lowest BCUT2D eigenvalue weighted by atomic mass is 10.1. The molecule has 0 saturated carbocycles. The van der Waals surface area contributed by atoms with Gasteiger partial charge in [-0.15, -0.1) is 0 Å². The van der Waals surface area contributed by atoms with E-state index in [1.165, 1.54) is 30.5 Å². The molecular weight excluding hydrogens is 388 g/mol. The Balaban J connectivity index is 1.40. The number of ether oxygens (including phenoxy) is 1. The number of hydrogen-bond donors (Lipinski definition) is 2. The van der Waals surface area contributed by atoms with Crippen LogP contribution in [0.25, 0.3) is 10.9 Å². The zero-order chi connectivity index (χ0) is 21.1. The Hall–Kier alpha value is -3.74. The lowest BCUT2D eigenvalue weighted by molar-refractivity contribution is -0.120. The van der Waals surface area contributed by atoms with E-state index in [1.807, 2.05) is 6.92 Å². The van der Waals surface area contributed by atoms with Gasteiger partial charge < -0.3 is 15.0 Å². The summed E-state index contributed by atoms with van der Waals surface area (Å²) in [5.74, 6) is -0.613. The van der Waals surface area contributed by atoms with Gasteiger partial charge in [-0.05, 0) is 60.5 Å². The number of halogens is 2. The highest BCUT2D eigenvalue weighted by atomic mass is 19.1. The van der Waals surface area contributed by atoms with Crippen molar-refractivity contribution in [3.8, 4) is 11.5 Å². The number of amides is 1. The third kappa shape index (κ3) is 4.30. The third-order valence-electron chi connectivity index (χ3n) is 4.77. The molecule has 4 rings (SSSR count). The number of nitrogens with one attached hydrogen (secondary N) is 2. The minimum Gasteiger partial charge on any atom is -0.453 e. The van der Waals surface area contributed by atoms with Crippen LogP contribution in [0.2, 0.25) is 0 Å². The van der Waals surface area contributed by atoms with Crippen LogP contribution in [0.5, 0.6) is 11.5 Å². The Morgan fingerprint density at radius 2 is 2.03 bits per heavy atom. The molecule has 4 aromatic rings. The molecule has 0 spiro atoms. The number of aryl methyl sites for hydroxylation is 1. The molecule has 0 aliphatic carbocycles. The topological polar surface area (TPSA) is 67.0 Å². The minimum absolute atomic E-state index is 0.0783. The Bertz CT molecular complexity index is 1210. The van der Waals surface area contributed by atoms with E-state index in [0.717, 1.165) is 16.8 Å². The zero-order valence-corrected chi connectivity index (χ0v) is 16.2. The molecule has 0 aliphatic heterocycles. The van der Waals surface area contributed by atoms with Gasteiger partial charge in [0.1, 0.15) is 11.6 Å². The average Bonchev–Trinajstić information content (AvgIpc) is 3.03. The summed E-state index contributed by atoms with van der Waals surface area (Å²) in [4.78, 5) is 19.5. The second-order valence-electron chi connectivity index (χ2n) is 6.93. The molecule has 1 amide bonds. The van der Waals surface area contributed by atoms with Crippen molar-refractivity contribution in [2.24, 2.45) is 0 Å². The van der Waals surface area contributed by atoms with E-state index >= 15 is 0 Å². The number of benzene rings is 2. The number of H-pyrrole nitrogens is 1. The normalized spacial score (nSPS) is 10.9. The molecule has 0 atom stereocenters. The van der Waals surface area contributed by atoms with Crippen LogP contribution in [0.15, 0.2) is 60.9 Å². The number of nitrogens with zero attached hydrogens (tertiary/aromatic N) is 1. The fourth-order valence-electron chi connectivity index (χ4n) is 3.28. The lowest BCUT2D eigenvalue weighted by Crippen LogP contribution is -2.24. The van der Waals surface area contributed by atoms with Crippen molar-refractivity contribution in [3.05, 3.63) is 89.4 Å². The Morgan fingerprint density at radius 1 is 1.17 bits per heavy atom. The molecule has 2 aromatic carbocycles. The van der Waals surface area contributed by atoms with Gasteiger partial charge in [0, 0.05) is 29.3 Å². The molecule has 30 heavy (non-hydrogen) atoms. The highest BCUT2D eigenvalue weighted by molar-refractivity contribution is 5.90. The zero-order valence-electron chi connectivity index (χ0n) is 16.2. The standard InChI is InChI=1S/C23H19F2N3O2/c1-14-18(19-10-16(24)5-6-21(19)28-14)11-23(29)27-12-15-4-7-22(20(25)9-15)30-17-3-2-8-26-13-17/h2-10,13,28H,11-12H2,1H3,(H,27,29). The predicted octanol–water partition coefficient (Wildman–Crippen LogP) is 4.80. The van der Waals surface area contributed by atoms with E-state index < -0.39 is 5.82 Å². The summed E-state index contributed by atoms with van der Waals surface area (Å²) in [5.41, 5.74) is 2.94. The van der Waals surface area contributed by atoms with E-state index in [2.05, 4.69) is 15.3 Å². The van der Waals surface area contributed by atoms with Crippen LogP contribution in [0.1, 0.15) is 16.8 Å². The summed E-state index contributed by atoms with van der Waals surface area (Å²) >= 11 is 0. The number of pyridine rings is 1. The highest BCUT2D eigenvalue weighted by Gasteiger charge is 2.14. The molecule has 2 aromatic heterocycles. The van der Waals surface area contributed by atoms with Gasteiger partial charge in [-0.2, -0.15) is 0 Å². The second-order valence-corrected chi connectivity index (χ2v) is 6.93. The lowest BCUT2D eigenvalue weighted by Gasteiger charge is -2.09. The van der Waals surface area contributed by atoms with Crippen LogP contribution in [-0.4, -0.2) is 15.9 Å². The molecule has 0 radical (unpaired) electrons. The molecule has 0 saturated heterocycles. The van der Waals surface area contributed by atoms with Crippen LogP contribution in [0.3, 0.4) is 0 Å². The fourth-order valence-corrected chi connectivity index (χ4v) is 3.28. The first-order valence-corrected chi connectivity index (χ1v) is 9.39. The van der Waals surface area contributed by atoms with Crippen molar-refractivity contribution in [1.82, 2.24) is 15.3 Å². The van der Waals surface area contributed by atoms with Crippen molar-refractivity contribution < 1.29 is 18.3 Å². The second kappa shape index (κ2) is 8.32. The summed E-state index contributed by atoms with van der Waals surface area (Å²) in [6.07, 6.45) is 3.19. The quantitative estimate of drug-likeness (QED) is 0.482. The fraction of sp³-hybridized carbons (Fsp3) is 0.130. The monoisotopic (exact) mass is 407 g/mol. The van der Waals surface area contributed by atoms with Gasteiger partial charge in [0.2, 0.25) is 5.91 Å². The summed E-state index contributed by atoms with van der Waals surface area (Å²) < 4.78 is 33.4. The number of aromatic nitrogens is 2. The minimum atomic E-state index is -0.534. The van der Waals surface area contributed by atoms with E-state index in [1.54, 1.807) is 30.5 Å². The van der Waals surface area contributed by atoms with Crippen LogP contribution in [-0.2, 0) is 17.8 Å². The molecular formula is C23H19F2N3O2. The molecule has 0 bridgehead atoms. The Labute approximate surface area is 171 Å². The van der Waals surface area contributed by atoms with Crippen molar-refractivity contribution in [2.75, 3.05) is 0 Å². The number of fused-ring (bicyclic) bond motifs is 1. The van der Waals surface area contributed by atoms with Gasteiger partial charge >= 0.3 is 0 Å². The van der Waals surface area contributed by atoms with Crippen LogP contribution in [0.4, 0.5) is 8.78 Å². The first-order valence-electron chi connectivity index (χ1n) is 9.39. The van der Waals surface area contributed by atoms with Crippen molar-refractivity contribution >= 4 is 16.8 Å². The van der Waals surface area contributed by atoms with Crippen LogP contribution < -0.4 is 10.1 Å². The van der Waals surface area contributed by atoms with Gasteiger partial charge in [-0.1, -0.05) is 6.07 Å². The number of carbonyl (C=O) groups is 1. The first-order chi connectivity index (χ1) is 14.5. The van der Waals surface area contributed by atoms with Crippen LogP contribution in [0, 0.1) is 18.6 Å². The number of carbonyl (C=O) groups excluding carboxylic acids is 1. The molecule has 0 aliphatic rings. The molecule has 7 heteroatoms. The summed E-state index contributed by atoms with van der Waals surface area (Å²) in [7, 11) is 0. The van der Waals surface area contributed by atoms with E-state index in [4.69, 9.17) is 4.74 Å². The third-order valence-corrected chi connectivity index (χ3v) is 4.77. The molecule has 0 fully saturated rings. The molecule has 2 heterocycles. The smallest absolute Gasteiger partial charge is 0.224 e. The van der Waals surface area contributed by atoms with E-state index in [9.17, 15) is 13.6 Å². The average molecular weight is 407 g/mol. The Kier molecular flexibility index (Phi) is 5.43. The maximum absolute atomic E-state index is 14.3. The molecule has 2 N–H and O–H groups in total. The van der Waals surface area contributed by atoms with Gasteiger partial charge in [0.15, 0.2) is 11.6 Å². The van der Waals surface area contributed by atoms with Gasteiger partial charge in [0.25, 0.3) is 0 Å². The maximum Gasteiger partial charge on any atom is 0.224 e. The summed E-state index contributed by atoms with van der Waals surface area (Å²) in [6.45, 7) is 2.01. The summed E-state index contributed by atoms with van der Waals surface area (Å²) in [6, 6.07) is 12.3. The van der Waals surface area contributed by atoms with Gasteiger partial charge in [-0.25, -0.2) is 8.78 Å². The van der Waals surface area contributed by atoms with E-state index in [0.29, 0.717) is 16.7 Å². The molecule has 5 nitrogen and oxygen atoms in total. The summed E-state index contributed by atoms with van der Waals surface area (Å²) in [5, 5.41) is 3.46. The Morgan fingerprint density at radius 3 is 2.80 bits per heavy atom. The largest absolute Gasteiger partial charge is 0.453 e. The first kappa shape index (κ1) is 19.6. The van der Waals surface area contributed by atoms with Crippen molar-refractivity contribution in [2.45, 2.75) is 19.9 Å². The van der Waals surface area contributed by atoms with Crippen molar-refractivity contribution in [1.29, 1.82) is 0 Å². The predicted molar refractivity (Wildman–Crippen MR) is 109 cm³/mol. The highest BCUT2D eigenvalue weighted by Crippen LogP contribution is 2.25. The van der Waals surface area contributed by atoms with Gasteiger partial charge in [0.05, 0.1) is 12.6 Å².